The average molecular weight is 776 g/mol. The minimum Gasteiger partial charge on any atom is -0.310 e. The van der Waals surface area contributed by atoms with E-state index < -0.39 is 0 Å². The fraction of sp³-hybridized carbons (Fsp3) is 0. The van der Waals surface area contributed by atoms with Crippen molar-refractivity contribution >= 4 is 49.4 Å². The highest BCUT2D eigenvalue weighted by atomic mass is 15.1. The Bertz CT molecular complexity index is 3310. The van der Waals surface area contributed by atoms with E-state index in [0.29, 0.717) is 0 Å². The Morgan fingerprint density at radius 3 is 1.34 bits per heavy atom. The Hall–Kier alpha value is -8.00. The Balaban J connectivity index is 0.984. The van der Waals surface area contributed by atoms with Crippen LogP contribution in [0, 0.1) is 0 Å². The predicted molar refractivity (Wildman–Crippen MR) is 261 cm³/mol. The summed E-state index contributed by atoms with van der Waals surface area (Å²) in [5.74, 6) is 0. The molecule has 61 heavy (non-hydrogen) atoms. The monoisotopic (exact) mass is 775 g/mol. The van der Waals surface area contributed by atoms with Gasteiger partial charge in [0.25, 0.3) is 0 Å². The SMILES string of the molecule is c1ccc(-c2ccc(-c3ccccc3)c(-c3ccc(-c4ccc(N(c5ccc(-c6cccc7ccccc67)cc5)c5cc6ccccc6c6ccccc56)cc4)cc3)c2)cc1. The van der Waals surface area contributed by atoms with Gasteiger partial charge in [0, 0.05) is 16.8 Å². The van der Waals surface area contributed by atoms with Crippen molar-refractivity contribution in [1.29, 1.82) is 0 Å². The van der Waals surface area contributed by atoms with Crippen molar-refractivity contribution < 1.29 is 0 Å². The van der Waals surface area contributed by atoms with Gasteiger partial charge in [-0.25, -0.2) is 0 Å². The minimum atomic E-state index is 1.10. The predicted octanol–water partition coefficient (Wildman–Crippen LogP) is 17.0. The van der Waals surface area contributed by atoms with E-state index in [9.17, 15) is 0 Å². The van der Waals surface area contributed by atoms with Gasteiger partial charge >= 0.3 is 0 Å². The Morgan fingerprint density at radius 1 is 0.213 bits per heavy atom. The molecule has 0 aliphatic heterocycles. The first-order chi connectivity index (χ1) is 30.2. The van der Waals surface area contributed by atoms with Crippen LogP contribution >= 0.6 is 0 Å². The molecule has 0 amide bonds. The molecule has 0 fully saturated rings. The third-order valence-electron chi connectivity index (χ3n) is 12.1. The van der Waals surface area contributed by atoms with Crippen molar-refractivity contribution in [3.63, 3.8) is 0 Å². The molecule has 286 valence electrons. The summed E-state index contributed by atoms with van der Waals surface area (Å²) in [5, 5.41) is 7.44. The average Bonchev–Trinajstić information content (AvgIpc) is 3.35. The molecule has 1 heteroatoms. The van der Waals surface area contributed by atoms with Crippen LogP contribution in [0.5, 0.6) is 0 Å². The number of nitrogens with zero attached hydrogens (tertiary/aromatic N) is 1. The van der Waals surface area contributed by atoms with Crippen LogP contribution in [0.25, 0.3) is 88.0 Å². The molecule has 1 nitrogen and oxygen atoms in total. The van der Waals surface area contributed by atoms with E-state index >= 15 is 0 Å². The topological polar surface area (TPSA) is 3.24 Å². The van der Waals surface area contributed by atoms with Gasteiger partial charge < -0.3 is 4.90 Å². The maximum Gasteiger partial charge on any atom is 0.0546 e. The molecule has 0 aromatic heterocycles. The fourth-order valence-electron chi connectivity index (χ4n) is 9.02. The number of hydrogen-bond acceptors (Lipinski definition) is 1. The zero-order valence-corrected chi connectivity index (χ0v) is 33.6. The van der Waals surface area contributed by atoms with Crippen LogP contribution in [0.4, 0.5) is 17.1 Å². The summed E-state index contributed by atoms with van der Waals surface area (Å²) in [7, 11) is 0. The number of anilines is 3. The van der Waals surface area contributed by atoms with E-state index in [1.165, 1.54) is 88.0 Å². The van der Waals surface area contributed by atoms with Crippen LogP contribution in [0.3, 0.4) is 0 Å². The van der Waals surface area contributed by atoms with Crippen LogP contribution < -0.4 is 4.90 Å². The van der Waals surface area contributed by atoms with Crippen molar-refractivity contribution in [2.75, 3.05) is 4.90 Å². The summed E-state index contributed by atoms with van der Waals surface area (Å²) in [4.78, 5) is 2.42. The molecular weight excluding hydrogens is 735 g/mol. The van der Waals surface area contributed by atoms with Crippen LogP contribution in [0.15, 0.2) is 249 Å². The number of rotatable bonds is 8. The van der Waals surface area contributed by atoms with Crippen molar-refractivity contribution in [3.8, 4) is 55.6 Å². The van der Waals surface area contributed by atoms with Gasteiger partial charge in [0.1, 0.15) is 0 Å². The zero-order valence-electron chi connectivity index (χ0n) is 33.6. The zero-order chi connectivity index (χ0) is 40.5. The molecular formula is C60H41N. The van der Waals surface area contributed by atoms with Crippen molar-refractivity contribution in [2.45, 2.75) is 0 Å². The first kappa shape index (κ1) is 36.1. The van der Waals surface area contributed by atoms with Gasteiger partial charge in [0.05, 0.1) is 5.69 Å². The normalized spacial score (nSPS) is 11.3. The molecule has 0 radical (unpaired) electrons. The lowest BCUT2D eigenvalue weighted by molar-refractivity contribution is 1.30. The van der Waals surface area contributed by atoms with Crippen LogP contribution in [0.2, 0.25) is 0 Å². The molecule has 0 saturated heterocycles. The lowest BCUT2D eigenvalue weighted by Gasteiger charge is -2.28. The summed E-state index contributed by atoms with van der Waals surface area (Å²) in [5.41, 5.74) is 15.4. The highest BCUT2D eigenvalue weighted by Gasteiger charge is 2.18. The second-order valence-electron chi connectivity index (χ2n) is 15.7. The van der Waals surface area contributed by atoms with Crippen LogP contribution in [-0.4, -0.2) is 0 Å². The number of benzene rings is 11. The molecule has 0 unspecified atom stereocenters. The van der Waals surface area contributed by atoms with E-state index in [1.807, 2.05) is 0 Å². The standard InChI is InChI=1S/C60H41N/c1-3-14-42(15-4-1)49-34-39-56(45-16-5-2-6-17-45)59(40-49)48-28-26-43(27-29-48)44-30-35-51(36-31-44)61(60-41-50-19-8-10-22-55(50)57-23-11-12-24-58(57)60)52-37-32-47(33-38-52)54-25-13-20-46-18-7-9-21-53(46)54/h1-41H. The Labute approximate surface area is 357 Å². The molecule has 11 aromatic rings. The molecule has 0 bridgehead atoms. The largest absolute Gasteiger partial charge is 0.310 e. The summed E-state index contributed by atoms with van der Waals surface area (Å²) >= 11 is 0. The summed E-state index contributed by atoms with van der Waals surface area (Å²) in [6, 6.07) is 90.4. The van der Waals surface area contributed by atoms with E-state index in [-0.39, 0.29) is 0 Å². The van der Waals surface area contributed by atoms with Crippen molar-refractivity contribution in [1.82, 2.24) is 0 Å². The molecule has 0 N–H and O–H groups in total. The number of hydrogen-bond donors (Lipinski definition) is 0. The lowest BCUT2D eigenvalue weighted by Crippen LogP contribution is -2.10. The quantitative estimate of drug-likeness (QED) is 0.139. The van der Waals surface area contributed by atoms with E-state index in [2.05, 4.69) is 254 Å². The molecule has 0 heterocycles. The molecule has 11 aromatic carbocycles. The van der Waals surface area contributed by atoms with E-state index in [4.69, 9.17) is 0 Å². The third-order valence-corrected chi connectivity index (χ3v) is 12.1. The second kappa shape index (κ2) is 15.6. The fourth-order valence-corrected chi connectivity index (χ4v) is 9.02. The van der Waals surface area contributed by atoms with Crippen molar-refractivity contribution in [3.05, 3.63) is 249 Å². The van der Waals surface area contributed by atoms with E-state index in [1.54, 1.807) is 0 Å². The first-order valence-corrected chi connectivity index (χ1v) is 21.0. The Morgan fingerprint density at radius 2 is 0.656 bits per heavy atom. The highest BCUT2D eigenvalue weighted by Crippen LogP contribution is 2.44. The van der Waals surface area contributed by atoms with Crippen LogP contribution in [0.1, 0.15) is 0 Å². The van der Waals surface area contributed by atoms with Gasteiger partial charge in [-0.15, -0.1) is 0 Å². The molecule has 0 saturated carbocycles. The Kier molecular flexibility index (Phi) is 9.26. The van der Waals surface area contributed by atoms with Gasteiger partial charge in [-0.2, -0.15) is 0 Å². The summed E-state index contributed by atoms with van der Waals surface area (Å²) < 4.78 is 0. The van der Waals surface area contributed by atoms with Gasteiger partial charge in [-0.1, -0.05) is 212 Å². The molecule has 0 spiro atoms. The lowest BCUT2D eigenvalue weighted by atomic mass is 9.90. The van der Waals surface area contributed by atoms with E-state index in [0.717, 1.165) is 17.1 Å². The third kappa shape index (κ3) is 6.83. The van der Waals surface area contributed by atoms with Crippen LogP contribution in [-0.2, 0) is 0 Å². The van der Waals surface area contributed by atoms with Crippen molar-refractivity contribution in [2.24, 2.45) is 0 Å². The molecule has 0 aliphatic rings. The summed E-state index contributed by atoms with van der Waals surface area (Å²) in [6.07, 6.45) is 0. The molecule has 0 aliphatic carbocycles. The minimum absolute atomic E-state index is 1.10. The molecule has 11 rings (SSSR count). The molecule has 0 atom stereocenters. The first-order valence-electron chi connectivity index (χ1n) is 21.0. The van der Waals surface area contributed by atoms with Gasteiger partial charge in [-0.3, -0.25) is 0 Å². The number of fused-ring (bicyclic) bond motifs is 4. The smallest absolute Gasteiger partial charge is 0.0546 e. The highest BCUT2D eigenvalue weighted by molar-refractivity contribution is 6.14. The maximum atomic E-state index is 2.42. The van der Waals surface area contributed by atoms with Gasteiger partial charge in [0.15, 0.2) is 0 Å². The van der Waals surface area contributed by atoms with Gasteiger partial charge in [-0.05, 0) is 119 Å². The summed E-state index contributed by atoms with van der Waals surface area (Å²) in [6.45, 7) is 0. The second-order valence-corrected chi connectivity index (χ2v) is 15.7. The van der Waals surface area contributed by atoms with Gasteiger partial charge in [0.2, 0.25) is 0 Å². The maximum absolute atomic E-state index is 2.42.